The first-order valence-electron chi connectivity index (χ1n) is 6.27. The number of carbonyl (C=O) groups excluding carboxylic acids is 1. The van der Waals surface area contributed by atoms with Gasteiger partial charge in [0.05, 0.1) is 5.56 Å². The van der Waals surface area contributed by atoms with E-state index in [9.17, 15) is 18.0 Å². The van der Waals surface area contributed by atoms with Crippen LogP contribution in [0, 0.1) is 0 Å². The van der Waals surface area contributed by atoms with Crippen molar-refractivity contribution in [2.24, 2.45) is 0 Å². The van der Waals surface area contributed by atoms with Crippen molar-refractivity contribution in [1.82, 2.24) is 9.88 Å². The van der Waals surface area contributed by atoms with Gasteiger partial charge in [-0.2, -0.15) is 24.5 Å². The number of nitrogens with zero attached hydrogens (tertiary/aromatic N) is 2. The lowest BCUT2D eigenvalue weighted by Gasteiger charge is -2.16. The highest BCUT2D eigenvalue weighted by molar-refractivity contribution is 7.07. The van der Waals surface area contributed by atoms with Crippen molar-refractivity contribution in [3.8, 4) is 5.88 Å². The van der Waals surface area contributed by atoms with Crippen LogP contribution in [0.2, 0.25) is 0 Å². The average Bonchev–Trinajstić information content (AvgIpc) is 2.97. The molecule has 0 aliphatic heterocycles. The first kappa shape index (κ1) is 16.3. The topological polar surface area (TPSA) is 42.4 Å². The fraction of sp³-hybridized carbons (Fsp3) is 0.286. The van der Waals surface area contributed by atoms with Gasteiger partial charge in [0, 0.05) is 25.9 Å². The van der Waals surface area contributed by atoms with Gasteiger partial charge in [0.25, 0.3) is 5.91 Å². The molecule has 0 aliphatic carbocycles. The minimum atomic E-state index is -4.42. The van der Waals surface area contributed by atoms with Crippen LogP contribution in [-0.2, 0) is 6.54 Å². The molecule has 0 saturated carbocycles. The van der Waals surface area contributed by atoms with Crippen molar-refractivity contribution < 1.29 is 22.7 Å². The van der Waals surface area contributed by atoms with E-state index in [0.717, 1.165) is 5.56 Å². The summed E-state index contributed by atoms with van der Waals surface area (Å²) in [6, 6.07) is 4.56. The van der Waals surface area contributed by atoms with Crippen LogP contribution in [0.15, 0.2) is 35.2 Å². The molecule has 1 amide bonds. The summed E-state index contributed by atoms with van der Waals surface area (Å²) in [4.78, 5) is 17.4. The molecule has 0 spiro atoms. The lowest BCUT2D eigenvalue weighted by molar-refractivity contribution is -0.154. The van der Waals surface area contributed by atoms with Gasteiger partial charge < -0.3 is 9.64 Å². The summed E-state index contributed by atoms with van der Waals surface area (Å²) in [5.74, 6) is -0.435. The van der Waals surface area contributed by atoms with Crippen molar-refractivity contribution >= 4 is 17.2 Å². The molecule has 118 valence electrons. The Morgan fingerprint density at radius 3 is 2.68 bits per heavy atom. The second-order valence-electron chi connectivity index (χ2n) is 4.58. The number of ether oxygens (including phenoxy) is 1. The number of amides is 1. The molecule has 2 heterocycles. The van der Waals surface area contributed by atoms with Crippen molar-refractivity contribution in [3.05, 3.63) is 46.3 Å². The van der Waals surface area contributed by atoms with Crippen LogP contribution >= 0.6 is 11.3 Å². The summed E-state index contributed by atoms with van der Waals surface area (Å²) < 4.78 is 40.6. The standard InChI is InChI=1S/C14H13F3N2O2S/c1-19(7-10-4-5-22-8-10)13(20)11-2-3-12(18-6-11)21-9-14(15,16)17/h2-6,8H,7,9H2,1H3. The number of aromatic nitrogens is 1. The van der Waals surface area contributed by atoms with Crippen LogP contribution < -0.4 is 4.74 Å². The fourth-order valence-electron chi connectivity index (χ4n) is 1.70. The molecule has 8 heteroatoms. The van der Waals surface area contributed by atoms with Crippen LogP contribution in [0.4, 0.5) is 13.2 Å². The van der Waals surface area contributed by atoms with E-state index in [-0.39, 0.29) is 17.4 Å². The maximum absolute atomic E-state index is 12.2. The lowest BCUT2D eigenvalue weighted by atomic mass is 10.2. The van der Waals surface area contributed by atoms with E-state index in [1.165, 1.54) is 34.6 Å². The molecular formula is C14H13F3N2O2S. The molecular weight excluding hydrogens is 317 g/mol. The summed E-state index contributed by atoms with van der Waals surface area (Å²) in [5, 5.41) is 3.86. The summed E-state index contributed by atoms with van der Waals surface area (Å²) in [7, 11) is 1.65. The predicted molar refractivity (Wildman–Crippen MR) is 75.9 cm³/mol. The van der Waals surface area contributed by atoms with Gasteiger partial charge in [-0.25, -0.2) is 4.98 Å². The monoisotopic (exact) mass is 330 g/mol. The molecule has 0 aromatic carbocycles. The quantitative estimate of drug-likeness (QED) is 0.844. The molecule has 22 heavy (non-hydrogen) atoms. The summed E-state index contributed by atoms with van der Waals surface area (Å²) in [6.45, 7) is -0.958. The van der Waals surface area contributed by atoms with Gasteiger partial charge in [-0.15, -0.1) is 0 Å². The van der Waals surface area contributed by atoms with E-state index in [0.29, 0.717) is 6.54 Å². The summed E-state index contributed by atoms with van der Waals surface area (Å²) >= 11 is 1.54. The molecule has 0 fully saturated rings. The Bertz CT molecular complexity index is 612. The van der Waals surface area contributed by atoms with Crippen molar-refractivity contribution in [2.75, 3.05) is 13.7 Å². The Kier molecular flexibility index (Phi) is 5.02. The zero-order chi connectivity index (χ0) is 16.2. The maximum Gasteiger partial charge on any atom is 0.422 e. The molecule has 0 bridgehead atoms. The van der Waals surface area contributed by atoms with Crippen LogP contribution in [0.5, 0.6) is 5.88 Å². The van der Waals surface area contributed by atoms with Crippen molar-refractivity contribution in [2.45, 2.75) is 12.7 Å². The molecule has 0 radical (unpaired) electrons. The number of alkyl halides is 3. The van der Waals surface area contributed by atoms with E-state index < -0.39 is 12.8 Å². The Labute approximate surface area is 129 Å². The van der Waals surface area contributed by atoms with Crippen LogP contribution in [0.1, 0.15) is 15.9 Å². The minimum Gasteiger partial charge on any atom is -0.468 e. The van der Waals surface area contributed by atoms with E-state index in [1.807, 2.05) is 16.8 Å². The minimum absolute atomic E-state index is 0.172. The second kappa shape index (κ2) is 6.78. The van der Waals surface area contributed by atoms with Crippen molar-refractivity contribution in [1.29, 1.82) is 0 Å². The largest absolute Gasteiger partial charge is 0.468 e. The van der Waals surface area contributed by atoms with Gasteiger partial charge in [0.15, 0.2) is 6.61 Å². The summed E-state index contributed by atoms with van der Waals surface area (Å²) in [5.41, 5.74) is 1.30. The SMILES string of the molecule is CN(Cc1ccsc1)C(=O)c1ccc(OCC(F)(F)F)nc1. The molecule has 0 atom stereocenters. The molecule has 0 aliphatic rings. The first-order chi connectivity index (χ1) is 10.3. The fourth-order valence-corrected chi connectivity index (χ4v) is 2.36. The van der Waals surface area contributed by atoms with Crippen LogP contribution in [0.3, 0.4) is 0 Å². The smallest absolute Gasteiger partial charge is 0.422 e. The highest BCUT2D eigenvalue weighted by Crippen LogP contribution is 2.17. The third-order valence-electron chi connectivity index (χ3n) is 2.71. The Morgan fingerprint density at radius 2 is 2.14 bits per heavy atom. The number of hydrogen-bond acceptors (Lipinski definition) is 4. The van der Waals surface area contributed by atoms with Gasteiger partial charge >= 0.3 is 6.18 Å². The second-order valence-corrected chi connectivity index (χ2v) is 5.36. The van der Waals surface area contributed by atoms with E-state index in [4.69, 9.17) is 0 Å². The van der Waals surface area contributed by atoms with Crippen LogP contribution in [0.25, 0.3) is 0 Å². The normalized spacial score (nSPS) is 11.3. The van der Waals surface area contributed by atoms with Crippen molar-refractivity contribution in [3.63, 3.8) is 0 Å². The van der Waals surface area contributed by atoms with Gasteiger partial charge in [-0.1, -0.05) is 0 Å². The molecule has 2 aromatic heterocycles. The Morgan fingerprint density at radius 1 is 1.36 bits per heavy atom. The van der Waals surface area contributed by atoms with Gasteiger partial charge in [0.2, 0.25) is 5.88 Å². The number of pyridine rings is 1. The average molecular weight is 330 g/mol. The molecule has 0 N–H and O–H groups in total. The molecule has 2 rings (SSSR count). The Hall–Kier alpha value is -2.09. The number of thiophene rings is 1. The van der Waals surface area contributed by atoms with Crippen LogP contribution in [-0.4, -0.2) is 35.6 Å². The first-order valence-corrected chi connectivity index (χ1v) is 7.21. The molecule has 2 aromatic rings. The zero-order valence-corrected chi connectivity index (χ0v) is 12.4. The van der Waals surface area contributed by atoms with E-state index in [1.54, 1.807) is 7.05 Å². The third kappa shape index (κ3) is 4.73. The highest BCUT2D eigenvalue weighted by atomic mass is 32.1. The highest BCUT2D eigenvalue weighted by Gasteiger charge is 2.28. The Balaban J connectivity index is 1.95. The molecule has 0 unspecified atom stereocenters. The lowest BCUT2D eigenvalue weighted by Crippen LogP contribution is -2.26. The zero-order valence-electron chi connectivity index (χ0n) is 11.6. The predicted octanol–water partition coefficient (Wildman–Crippen LogP) is 3.36. The molecule has 0 saturated heterocycles. The van der Waals surface area contributed by atoms with E-state index in [2.05, 4.69) is 9.72 Å². The van der Waals surface area contributed by atoms with Gasteiger partial charge in [-0.05, 0) is 28.5 Å². The number of rotatable bonds is 5. The van der Waals surface area contributed by atoms with Gasteiger partial charge in [-0.3, -0.25) is 4.79 Å². The number of halogens is 3. The van der Waals surface area contributed by atoms with Gasteiger partial charge in [0.1, 0.15) is 0 Å². The maximum atomic E-state index is 12.2. The number of carbonyl (C=O) groups is 1. The summed E-state index contributed by atoms with van der Waals surface area (Å²) in [6.07, 6.45) is -3.21. The third-order valence-corrected chi connectivity index (χ3v) is 3.45. The van der Waals surface area contributed by atoms with E-state index >= 15 is 0 Å². The number of hydrogen-bond donors (Lipinski definition) is 0. The molecule has 4 nitrogen and oxygen atoms in total.